The largest absolute Gasteiger partial charge is 0.385 e. The predicted octanol–water partition coefficient (Wildman–Crippen LogP) is 3.68. The van der Waals surface area contributed by atoms with E-state index in [1.54, 1.807) is 32.2 Å². The van der Waals surface area contributed by atoms with Crippen LogP contribution in [-0.4, -0.2) is 49.1 Å². The third-order valence-corrected chi connectivity index (χ3v) is 7.01. The van der Waals surface area contributed by atoms with Crippen molar-refractivity contribution >= 4 is 23.1 Å². The highest BCUT2D eigenvalue weighted by Gasteiger charge is 2.28. The van der Waals surface area contributed by atoms with Gasteiger partial charge in [-0.2, -0.15) is 4.39 Å². The maximum absolute atomic E-state index is 15.2. The average Bonchev–Trinajstić information content (AvgIpc) is 3.33. The van der Waals surface area contributed by atoms with Crippen LogP contribution in [0, 0.1) is 11.7 Å². The maximum Gasteiger partial charge on any atom is 0.219 e. The van der Waals surface area contributed by atoms with Crippen molar-refractivity contribution in [3.05, 3.63) is 47.0 Å². The molecule has 1 aromatic rings. The van der Waals surface area contributed by atoms with Crippen LogP contribution >= 0.6 is 0 Å². The van der Waals surface area contributed by atoms with Crippen LogP contribution in [0.1, 0.15) is 51.5 Å². The SMILES string of the molecule is CNC(Nc1ccc(C2=CNN=C(F)C2C)cc1F)C1=C(NC2CCCC2)CCN(C(C)=O)C1. The lowest BCUT2D eigenvalue weighted by atomic mass is 9.94. The summed E-state index contributed by atoms with van der Waals surface area (Å²) in [5.41, 5.74) is 6.26. The molecule has 0 saturated heterocycles. The van der Waals surface area contributed by atoms with Gasteiger partial charge >= 0.3 is 0 Å². The minimum Gasteiger partial charge on any atom is -0.385 e. The van der Waals surface area contributed by atoms with E-state index >= 15 is 4.39 Å². The average molecular weight is 473 g/mol. The van der Waals surface area contributed by atoms with E-state index in [9.17, 15) is 9.18 Å². The molecule has 2 heterocycles. The van der Waals surface area contributed by atoms with Crippen LogP contribution in [0.15, 0.2) is 40.8 Å². The number of hydrogen-bond acceptors (Lipinski definition) is 6. The van der Waals surface area contributed by atoms with Gasteiger partial charge in [0.2, 0.25) is 11.9 Å². The standard InChI is InChI=1S/C25H34F2N6O/c1-15-19(13-29-32-24(15)27)17-8-9-23(21(26)12-17)31-25(28-3)20-14-33(16(2)34)11-10-22(20)30-18-6-4-5-7-18/h8-9,12-13,15,18,25,28-31H,4-7,10-11,14H2,1-3H3. The smallest absolute Gasteiger partial charge is 0.219 e. The van der Waals surface area contributed by atoms with E-state index in [2.05, 4.69) is 26.5 Å². The Kier molecular flexibility index (Phi) is 7.50. The Labute approximate surface area is 199 Å². The van der Waals surface area contributed by atoms with Crippen LogP contribution in [0.25, 0.3) is 5.57 Å². The summed E-state index contributed by atoms with van der Waals surface area (Å²) in [6, 6.07) is 5.30. The molecule has 1 aliphatic carbocycles. The van der Waals surface area contributed by atoms with E-state index < -0.39 is 17.7 Å². The molecule has 34 heavy (non-hydrogen) atoms. The number of amides is 1. The third-order valence-electron chi connectivity index (χ3n) is 7.01. The number of hydrogen-bond donors (Lipinski definition) is 4. The van der Waals surface area contributed by atoms with Crippen molar-refractivity contribution in [2.45, 2.75) is 58.2 Å². The van der Waals surface area contributed by atoms with E-state index in [0.717, 1.165) is 30.5 Å². The molecule has 1 fully saturated rings. The maximum atomic E-state index is 15.2. The highest BCUT2D eigenvalue weighted by Crippen LogP contribution is 2.30. The van der Waals surface area contributed by atoms with Crippen molar-refractivity contribution in [1.82, 2.24) is 21.0 Å². The van der Waals surface area contributed by atoms with Gasteiger partial charge in [-0.3, -0.25) is 15.5 Å². The fourth-order valence-electron chi connectivity index (χ4n) is 4.95. The van der Waals surface area contributed by atoms with Gasteiger partial charge in [-0.15, -0.1) is 5.10 Å². The lowest BCUT2D eigenvalue weighted by Crippen LogP contribution is -2.47. The topological polar surface area (TPSA) is 80.8 Å². The summed E-state index contributed by atoms with van der Waals surface area (Å²) in [4.78, 5) is 13.9. The summed E-state index contributed by atoms with van der Waals surface area (Å²) in [7, 11) is 1.82. The second kappa shape index (κ2) is 10.5. The van der Waals surface area contributed by atoms with Gasteiger partial charge in [-0.1, -0.05) is 25.8 Å². The second-order valence-corrected chi connectivity index (χ2v) is 9.27. The van der Waals surface area contributed by atoms with Crippen molar-refractivity contribution in [2.24, 2.45) is 11.0 Å². The van der Waals surface area contributed by atoms with Crippen LogP contribution in [0.5, 0.6) is 0 Å². The number of anilines is 1. The Hall–Kier alpha value is -2.94. The van der Waals surface area contributed by atoms with E-state index in [1.807, 2.05) is 11.9 Å². The minimum atomic E-state index is -0.543. The van der Waals surface area contributed by atoms with Crippen LogP contribution in [0.2, 0.25) is 0 Å². The molecule has 184 valence electrons. The number of halogens is 2. The molecule has 7 nitrogen and oxygen atoms in total. The zero-order valence-electron chi connectivity index (χ0n) is 20.0. The van der Waals surface area contributed by atoms with E-state index in [4.69, 9.17) is 0 Å². The molecular weight excluding hydrogens is 438 g/mol. The van der Waals surface area contributed by atoms with E-state index in [-0.39, 0.29) is 12.1 Å². The number of benzene rings is 1. The summed E-state index contributed by atoms with van der Waals surface area (Å²) in [5, 5.41) is 13.8. The molecule has 2 aliphatic heterocycles. The molecule has 9 heteroatoms. The van der Waals surface area contributed by atoms with Gasteiger partial charge < -0.3 is 15.5 Å². The zero-order chi connectivity index (χ0) is 24.2. The number of nitrogens with zero attached hydrogens (tertiary/aromatic N) is 2. The molecule has 0 radical (unpaired) electrons. The zero-order valence-corrected chi connectivity index (χ0v) is 20.0. The lowest BCUT2D eigenvalue weighted by molar-refractivity contribution is -0.128. The van der Waals surface area contributed by atoms with Gasteiger partial charge in [0.1, 0.15) is 12.0 Å². The molecule has 1 amide bonds. The van der Waals surface area contributed by atoms with Crippen LogP contribution < -0.4 is 21.4 Å². The first kappa shape index (κ1) is 24.2. The Balaban J connectivity index is 1.57. The molecular formula is C25H34F2N6O. The minimum absolute atomic E-state index is 0.0297. The number of likely N-dealkylation sites (N-methyl/N-ethyl adjacent to an activating group) is 1. The fraction of sp³-hybridized carbons (Fsp3) is 0.520. The van der Waals surface area contributed by atoms with Crippen molar-refractivity contribution in [1.29, 1.82) is 0 Å². The Morgan fingerprint density at radius 2 is 2.03 bits per heavy atom. The van der Waals surface area contributed by atoms with Gasteiger partial charge in [-0.25, -0.2) is 4.39 Å². The van der Waals surface area contributed by atoms with Crippen molar-refractivity contribution in [2.75, 3.05) is 25.5 Å². The van der Waals surface area contributed by atoms with E-state index in [0.29, 0.717) is 36.0 Å². The molecule has 4 rings (SSSR count). The first-order chi connectivity index (χ1) is 16.4. The van der Waals surface area contributed by atoms with E-state index in [1.165, 1.54) is 18.9 Å². The summed E-state index contributed by atoms with van der Waals surface area (Å²) in [6.07, 6.45) is 6.74. The van der Waals surface area contributed by atoms with Crippen LogP contribution in [-0.2, 0) is 4.79 Å². The predicted molar refractivity (Wildman–Crippen MR) is 131 cm³/mol. The van der Waals surface area contributed by atoms with Gasteiger partial charge in [0, 0.05) is 49.9 Å². The highest BCUT2D eigenvalue weighted by molar-refractivity contribution is 5.92. The fourth-order valence-corrected chi connectivity index (χ4v) is 4.95. The molecule has 4 N–H and O–H groups in total. The number of carbonyl (C=O) groups is 1. The van der Waals surface area contributed by atoms with Crippen molar-refractivity contribution in [3.8, 4) is 0 Å². The number of nitrogens with one attached hydrogen (secondary N) is 4. The number of allylic oxidation sites excluding steroid dienone is 1. The van der Waals surface area contributed by atoms with Crippen LogP contribution in [0.4, 0.5) is 14.5 Å². The lowest BCUT2D eigenvalue weighted by Gasteiger charge is -2.36. The number of carbonyl (C=O) groups excluding carboxylic acids is 1. The third kappa shape index (κ3) is 5.24. The molecule has 2 unspecified atom stereocenters. The Morgan fingerprint density at radius 1 is 1.26 bits per heavy atom. The molecule has 2 atom stereocenters. The molecule has 1 aromatic carbocycles. The Bertz CT molecular complexity index is 1010. The van der Waals surface area contributed by atoms with Crippen LogP contribution in [0.3, 0.4) is 0 Å². The quantitative estimate of drug-likeness (QED) is 0.455. The van der Waals surface area contributed by atoms with Gasteiger partial charge in [-0.05, 0) is 43.2 Å². The Morgan fingerprint density at radius 3 is 2.71 bits per heavy atom. The highest BCUT2D eigenvalue weighted by atomic mass is 19.1. The molecule has 0 bridgehead atoms. The second-order valence-electron chi connectivity index (χ2n) is 9.27. The first-order valence-electron chi connectivity index (χ1n) is 12.0. The van der Waals surface area contributed by atoms with Gasteiger partial charge in [0.25, 0.3) is 0 Å². The normalized spacial score (nSPS) is 22.1. The summed E-state index contributed by atoms with van der Waals surface area (Å²) >= 11 is 0. The summed E-state index contributed by atoms with van der Waals surface area (Å²) in [6.45, 7) is 4.43. The van der Waals surface area contributed by atoms with Crippen molar-refractivity contribution < 1.29 is 13.6 Å². The molecule has 1 saturated carbocycles. The van der Waals surface area contributed by atoms with Gasteiger partial charge in [0.05, 0.1) is 11.6 Å². The van der Waals surface area contributed by atoms with Gasteiger partial charge in [0.15, 0.2) is 0 Å². The first-order valence-corrected chi connectivity index (χ1v) is 12.0. The molecule has 3 aliphatic rings. The molecule has 0 aromatic heterocycles. The number of hydrazone groups is 1. The number of rotatable bonds is 7. The monoisotopic (exact) mass is 472 g/mol. The summed E-state index contributed by atoms with van der Waals surface area (Å²) in [5.74, 6) is -1.48. The molecule has 0 spiro atoms. The van der Waals surface area contributed by atoms with Crippen molar-refractivity contribution in [3.63, 3.8) is 0 Å². The summed E-state index contributed by atoms with van der Waals surface area (Å²) < 4.78 is 29.0.